The maximum atomic E-state index is 14.8. The average Bonchev–Trinajstić information content (AvgIpc) is 3.32. The van der Waals surface area contributed by atoms with Crippen molar-refractivity contribution >= 4 is 47.5 Å². The van der Waals surface area contributed by atoms with E-state index in [1.165, 1.54) is 14.2 Å². The Balaban J connectivity index is 1.03. The zero-order valence-corrected chi connectivity index (χ0v) is 42.6. The van der Waals surface area contributed by atoms with Crippen molar-refractivity contribution in [2.24, 2.45) is 57.2 Å². The molecule has 0 saturated heterocycles. The number of methoxy groups -OCH3 is 2. The molecule has 13 rings (SSSR count). The van der Waals surface area contributed by atoms with Gasteiger partial charge in [-0.2, -0.15) is 0 Å². The number of nitrogens with one attached hydrogen (secondary N) is 4. The van der Waals surface area contributed by atoms with Crippen LogP contribution in [0.25, 0.3) is 0 Å². The molecule has 4 N–H and O–H groups in total. The highest BCUT2D eigenvalue weighted by molar-refractivity contribution is 5.95. The largest absolute Gasteiger partial charge is 0.467 e. The van der Waals surface area contributed by atoms with Gasteiger partial charge >= 0.3 is 23.9 Å². The summed E-state index contributed by atoms with van der Waals surface area (Å²) in [5.74, 6) is -2.71. The van der Waals surface area contributed by atoms with Gasteiger partial charge in [-0.1, -0.05) is 52.0 Å². The lowest BCUT2D eigenvalue weighted by Gasteiger charge is -2.60. The number of benzene rings is 2. The molecule has 3 heterocycles. The number of carbonyl (C=O) groups excluding carboxylic acids is 8. The average molecular weight is 993 g/mol. The summed E-state index contributed by atoms with van der Waals surface area (Å²) >= 11 is 0. The molecule has 16 heteroatoms. The lowest BCUT2D eigenvalue weighted by atomic mass is 9.43. The van der Waals surface area contributed by atoms with Gasteiger partial charge in [-0.25, -0.2) is 9.59 Å². The van der Waals surface area contributed by atoms with Gasteiger partial charge in [0, 0.05) is 12.8 Å². The van der Waals surface area contributed by atoms with Gasteiger partial charge in [0.15, 0.2) is 0 Å². The minimum absolute atomic E-state index is 0.0145. The summed E-state index contributed by atoms with van der Waals surface area (Å²) in [6, 6.07) is 9.36. The van der Waals surface area contributed by atoms with Crippen molar-refractivity contribution in [2.45, 2.75) is 155 Å². The number of rotatable bonds is 6. The van der Waals surface area contributed by atoms with Gasteiger partial charge in [0.05, 0.1) is 35.9 Å². The summed E-state index contributed by atoms with van der Waals surface area (Å²) in [7, 11) is 2.49. The lowest BCUT2D eigenvalue weighted by molar-refractivity contribution is -0.183. The summed E-state index contributed by atoms with van der Waals surface area (Å²) in [5.41, 5.74) is -2.27. The third kappa shape index (κ3) is 10.2. The van der Waals surface area contributed by atoms with Gasteiger partial charge in [0.1, 0.15) is 35.7 Å². The van der Waals surface area contributed by atoms with Crippen molar-refractivity contribution < 1.29 is 57.3 Å². The van der Waals surface area contributed by atoms with Crippen molar-refractivity contribution in [3.8, 4) is 11.5 Å². The first-order valence-electron chi connectivity index (χ1n) is 26.2. The molecule has 4 amide bonds. The Hall–Kier alpha value is -5.80. The number of carbonyl (C=O) groups is 8. The molecule has 2 aromatic carbocycles. The zero-order valence-electron chi connectivity index (χ0n) is 42.6. The molecule has 388 valence electrons. The van der Waals surface area contributed by atoms with Crippen LogP contribution in [-0.2, 0) is 60.7 Å². The molecule has 11 aliphatic rings. The quantitative estimate of drug-likeness (QED) is 0.198. The first kappa shape index (κ1) is 51.1. The summed E-state index contributed by atoms with van der Waals surface area (Å²) in [6.07, 6.45) is 7.81. The van der Waals surface area contributed by atoms with Gasteiger partial charge in [-0.15, -0.1) is 0 Å². The second kappa shape index (κ2) is 19.9. The molecule has 2 aromatic rings. The Morgan fingerprint density at radius 2 is 0.833 bits per heavy atom. The van der Waals surface area contributed by atoms with Gasteiger partial charge in [-0.3, -0.25) is 28.8 Å². The first-order chi connectivity index (χ1) is 34.2. The summed E-state index contributed by atoms with van der Waals surface area (Å²) < 4.78 is 22.5. The molecule has 3 aliphatic heterocycles. The third-order valence-electron chi connectivity index (χ3n) is 17.4. The number of hydrogen-bond acceptors (Lipinski definition) is 12. The lowest BCUT2D eigenvalue weighted by Crippen LogP contribution is -2.64. The molecule has 72 heavy (non-hydrogen) atoms. The highest BCUT2D eigenvalue weighted by Gasteiger charge is 2.65. The van der Waals surface area contributed by atoms with E-state index in [4.69, 9.17) is 18.9 Å². The van der Waals surface area contributed by atoms with Gasteiger partial charge in [0.25, 0.3) is 0 Å². The minimum Gasteiger partial charge on any atom is -0.467 e. The Bertz CT molecular complexity index is 2280. The molecular weight excluding hydrogens is 921 g/mol. The van der Waals surface area contributed by atoms with Crippen molar-refractivity contribution in [1.29, 1.82) is 0 Å². The van der Waals surface area contributed by atoms with E-state index >= 15 is 0 Å². The van der Waals surface area contributed by atoms with Crippen LogP contribution in [0.5, 0.6) is 11.5 Å². The highest BCUT2D eigenvalue weighted by Crippen LogP contribution is 2.67. The molecular formula is C56H72N4O12. The number of esters is 4. The van der Waals surface area contributed by atoms with Crippen molar-refractivity contribution in [2.75, 3.05) is 14.2 Å². The van der Waals surface area contributed by atoms with Gasteiger partial charge < -0.3 is 40.2 Å². The minimum atomic E-state index is -1.11. The molecule has 0 unspecified atom stereocenters. The maximum absolute atomic E-state index is 14.8. The van der Waals surface area contributed by atoms with Crippen LogP contribution in [0, 0.1) is 57.2 Å². The topological polar surface area (TPSA) is 222 Å². The third-order valence-corrected chi connectivity index (χ3v) is 17.4. The van der Waals surface area contributed by atoms with Crippen LogP contribution in [0.4, 0.5) is 0 Å². The van der Waals surface area contributed by atoms with Crippen LogP contribution < -0.4 is 30.7 Å². The summed E-state index contributed by atoms with van der Waals surface area (Å²) in [6.45, 7) is 7.79. The van der Waals surface area contributed by atoms with Crippen LogP contribution in [0.3, 0.4) is 0 Å². The highest BCUT2D eigenvalue weighted by atomic mass is 16.5. The van der Waals surface area contributed by atoms with E-state index in [1.54, 1.807) is 48.5 Å². The molecule has 4 spiro atoms. The zero-order chi connectivity index (χ0) is 51.3. The van der Waals surface area contributed by atoms with Gasteiger partial charge in [-0.05, 0) is 161 Å². The maximum Gasteiger partial charge on any atom is 0.328 e. The molecule has 8 fully saturated rings. The van der Waals surface area contributed by atoms with Crippen LogP contribution in [-0.4, -0.2) is 85.9 Å². The second-order valence-corrected chi connectivity index (χ2v) is 24.0. The van der Waals surface area contributed by atoms with Crippen LogP contribution >= 0.6 is 0 Å². The Morgan fingerprint density at radius 3 is 1.15 bits per heavy atom. The molecule has 0 radical (unpaired) electrons. The Labute approximate surface area is 421 Å². The van der Waals surface area contributed by atoms with E-state index in [0.29, 0.717) is 80.4 Å². The fourth-order valence-corrected chi connectivity index (χ4v) is 15.1. The molecule has 8 saturated carbocycles. The summed E-state index contributed by atoms with van der Waals surface area (Å²) in [5, 5.41) is 11.9. The van der Waals surface area contributed by atoms with Crippen LogP contribution in [0.1, 0.15) is 129 Å². The number of amides is 4. The van der Waals surface area contributed by atoms with Crippen molar-refractivity contribution in [3.05, 3.63) is 59.7 Å². The van der Waals surface area contributed by atoms with E-state index in [2.05, 4.69) is 21.3 Å². The Kier molecular flexibility index (Phi) is 14.1. The molecule has 4 atom stereocenters. The van der Waals surface area contributed by atoms with E-state index in [0.717, 1.165) is 12.8 Å². The molecule has 16 nitrogen and oxygen atoms in total. The predicted molar refractivity (Wildman–Crippen MR) is 261 cm³/mol. The molecule has 12 bridgehead atoms. The van der Waals surface area contributed by atoms with Crippen LogP contribution in [0.15, 0.2) is 48.5 Å². The monoisotopic (exact) mass is 993 g/mol. The van der Waals surface area contributed by atoms with E-state index in [-0.39, 0.29) is 91.4 Å². The number of fused-ring (bicyclic) bond motifs is 2. The van der Waals surface area contributed by atoms with E-state index in [1.807, 2.05) is 27.7 Å². The number of ether oxygens (including phenoxy) is 4. The van der Waals surface area contributed by atoms with E-state index in [9.17, 15) is 38.4 Å². The second-order valence-electron chi connectivity index (χ2n) is 24.0. The summed E-state index contributed by atoms with van der Waals surface area (Å²) in [4.78, 5) is 113. The fraction of sp³-hybridized carbons (Fsp3) is 0.643. The standard InChI is InChI=1S/C56H72N4O12/c1-31(2)15-41-45(61)57-43(47(63)69-5)19-33-7-11-39(12-8-33)71-51(67)55-25-37-18-38(26-55)28-56(27-37,30-55)52(68)72-40-13-9-34(10-14-40)20-44(48(64)70-6)58-46(62)42(16-32(3)4)60-50(66)54-23-35-17-36(24-54)22-53(21-35,29-54)49(65)59-41/h7-14,31-32,35-38,41-44H,15-30H2,1-6H3,(H,57,61)(H,58,62)(H,59,65)(H,60,66)/t35?,36?,37?,38?,41-,42-,43-,44-,53?,54?,55?,56?/m0/s1. The Morgan fingerprint density at radius 1 is 0.514 bits per heavy atom. The SMILES string of the molecule is COC(=O)[C@@H]1Cc2ccc(cc2)OC(=O)C23CC4CC(C2)CC(C4)(C3)C(=O)Oc2ccc(cc2)C[C@@H](C(=O)OC)NC(=O)[C@H](CC(C)C)NC(=O)C23CC4CC(CC(C4)(C2)C(=O)N[C@@H](CC(C)C)C(=O)N1)C3. The molecule has 8 aliphatic carbocycles. The normalized spacial score (nSPS) is 35.8. The van der Waals surface area contributed by atoms with Crippen molar-refractivity contribution in [1.82, 2.24) is 21.3 Å². The van der Waals surface area contributed by atoms with Gasteiger partial charge in [0.2, 0.25) is 23.6 Å². The smallest absolute Gasteiger partial charge is 0.328 e. The first-order valence-corrected chi connectivity index (χ1v) is 26.2. The van der Waals surface area contributed by atoms with E-state index < -0.39 is 69.6 Å². The molecule has 0 aromatic heterocycles. The van der Waals surface area contributed by atoms with Crippen LogP contribution in [0.2, 0.25) is 0 Å². The predicted octanol–water partition coefficient (Wildman–Crippen LogP) is 5.85. The number of hydrogen-bond donors (Lipinski definition) is 4. The fourth-order valence-electron chi connectivity index (χ4n) is 15.1. The van der Waals surface area contributed by atoms with Crippen molar-refractivity contribution in [3.63, 3.8) is 0 Å².